The SMILES string of the molecule is CC(C)NC(=O)c1c[nH]nc1-c1nc(-c2ccccc2)cs1. The summed E-state index contributed by atoms with van der Waals surface area (Å²) in [6, 6.07) is 10.0. The number of hydrogen-bond acceptors (Lipinski definition) is 4. The molecule has 1 aromatic carbocycles. The van der Waals surface area contributed by atoms with Crippen LogP contribution in [-0.4, -0.2) is 27.1 Å². The standard InChI is InChI=1S/C16H16N4OS/c1-10(2)18-15(21)12-8-17-20-14(12)16-19-13(9-22-16)11-6-4-3-5-7-11/h3-10H,1-2H3,(H,17,20)(H,18,21). The number of nitrogens with zero attached hydrogens (tertiary/aromatic N) is 2. The molecule has 2 N–H and O–H groups in total. The number of hydrogen-bond donors (Lipinski definition) is 2. The normalized spacial score (nSPS) is 10.9. The number of thiazole rings is 1. The van der Waals surface area contributed by atoms with E-state index in [2.05, 4.69) is 20.5 Å². The molecular formula is C16H16N4OS. The average molecular weight is 312 g/mol. The van der Waals surface area contributed by atoms with Crippen molar-refractivity contribution in [3.8, 4) is 22.0 Å². The Hall–Kier alpha value is -2.47. The summed E-state index contributed by atoms with van der Waals surface area (Å²) in [5, 5.41) is 12.5. The first kappa shape index (κ1) is 14.5. The van der Waals surface area contributed by atoms with Crippen LogP contribution in [0.2, 0.25) is 0 Å². The third kappa shape index (κ3) is 2.92. The van der Waals surface area contributed by atoms with Gasteiger partial charge in [-0.3, -0.25) is 9.89 Å². The van der Waals surface area contributed by atoms with E-state index in [0.717, 1.165) is 16.3 Å². The molecule has 1 amide bonds. The molecule has 0 unspecified atom stereocenters. The Balaban J connectivity index is 1.92. The smallest absolute Gasteiger partial charge is 0.255 e. The Kier molecular flexibility index (Phi) is 4.02. The van der Waals surface area contributed by atoms with Gasteiger partial charge in [-0.2, -0.15) is 5.10 Å². The third-order valence-electron chi connectivity index (χ3n) is 3.08. The molecule has 0 fully saturated rings. The van der Waals surface area contributed by atoms with Crippen LogP contribution >= 0.6 is 11.3 Å². The van der Waals surface area contributed by atoms with Gasteiger partial charge in [0, 0.05) is 23.2 Å². The average Bonchev–Trinajstić information content (AvgIpc) is 3.16. The zero-order valence-corrected chi connectivity index (χ0v) is 13.1. The molecule has 0 aliphatic rings. The number of carbonyl (C=O) groups is 1. The van der Waals surface area contributed by atoms with E-state index in [1.165, 1.54) is 11.3 Å². The van der Waals surface area contributed by atoms with Gasteiger partial charge < -0.3 is 5.32 Å². The number of rotatable bonds is 4. The molecule has 0 radical (unpaired) electrons. The topological polar surface area (TPSA) is 70.7 Å². The molecule has 0 spiro atoms. The summed E-state index contributed by atoms with van der Waals surface area (Å²) in [5.74, 6) is -0.143. The summed E-state index contributed by atoms with van der Waals surface area (Å²) in [5.41, 5.74) is 3.04. The molecule has 6 heteroatoms. The summed E-state index contributed by atoms with van der Waals surface area (Å²) in [6.07, 6.45) is 1.61. The molecule has 0 saturated heterocycles. The molecule has 0 atom stereocenters. The van der Waals surface area contributed by atoms with Gasteiger partial charge in [0.1, 0.15) is 10.7 Å². The largest absolute Gasteiger partial charge is 0.350 e. The van der Waals surface area contributed by atoms with E-state index in [4.69, 9.17) is 0 Å². The van der Waals surface area contributed by atoms with E-state index in [1.54, 1.807) is 6.20 Å². The minimum Gasteiger partial charge on any atom is -0.350 e. The van der Waals surface area contributed by atoms with Gasteiger partial charge >= 0.3 is 0 Å². The molecular weight excluding hydrogens is 296 g/mol. The van der Waals surface area contributed by atoms with Crippen LogP contribution in [0.4, 0.5) is 0 Å². The Labute approximate surface area is 132 Å². The van der Waals surface area contributed by atoms with Gasteiger partial charge in [0.25, 0.3) is 5.91 Å². The van der Waals surface area contributed by atoms with E-state index in [-0.39, 0.29) is 11.9 Å². The summed E-state index contributed by atoms with van der Waals surface area (Å²) in [6.45, 7) is 3.85. The fourth-order valence-electron chi connectivity index (χ4n) is 2.09. The number of aromatic nitrogens is 3. The number of H-pyrrole nitrogens is 1. The van der Waals surface area contributed by atoms with Gasteiger partial charge in [-0.25, -0.2) is 4.98 Å². The van der Waals surface area contributed by atoms with Crippen LogP contribution in [0.25, 0.3) is 22.0 Å². The fourth-order valence-corrected chi connectivity index (χ4v) is 2.92. The van der Waals surface area contributed by atoms with Gasteiger partial charge in [0.05, 0.1) is 11.3 Å². The van der Waals surface area contributed by atoms with Crippen LogP contribution in [0.5, 0.6) is 0 Å². The van der Waals surface area contributed by atoms with Crippen molar-refractivity contribution in [2.45, 2.75) is 19.9 Å². The monoisotopic (exact) mass is 312 g/mol. The molecule has 112 valence electrons. The van der Waals surface area contributed by atoms with Crippen LogP contribution in [0.3, 0.4) is 0 Å². The molecule has 0 aliphatic carbocycles. The molecule has 0 bridgehead atoms. The van der Waals surface area contributed by atoms with E-state index in [1.807, 2.05) is 49.6 Å². The van der Waals surface area contributed by atoms with Crippen LogP contribution in [0, 0.1) is 0 Å². The predicted molar refractivity (Wildman–Crippen MR) is 87.7 cm³/mol. The Morgan fingerprint density at radius 3 is 2.77 bits per heavy atom. The first-order valence-electron chi connectivity index (χ1n) is 7.01. The van der Waals surface area contributed by atoms with E-state index >= 15 is 0 Å². The zero-order chi connectivity index (χ0) is 15.5. The van der Waals surface area contributed by atoms with Crippen molar-refractivity contribution >= 4 is 17.2 Å². The van der Waals surface area contributed by atoms with Crippen LogP contribution in [-0.2, 0) is 0 Å². The highest BCUT2D eigenvalue weighted by molar-refractivity contribution is 7.13. The van der Waals surface area contributed by atoms with Crippen molar-refractivity contribution < 1.29 is 4.79 Å². The van der Waals surface area contributed by atoms with Gasteiger partial charge in [-0.05, 0) is 13.8 Å². The summed E-state index contributed by atoms with van der Waals surface area (Å²) < 4.78 is 0. The maximum Gasteiger partial charge on any atom is 0.255 e. The van der Waals surface area contributed by atoms with Crippen molar-refractivity contribution in [3.63, 3.8) is 0 Å². The summed E-state index contributed by atoms with van der Waals surface area (Å²) in [7, 11) is 0. The second-order valence-corrected chi connectivity index (χ2v) is 6.04. The maximum atomic E-state index is 12.2. The molecule has 0 saturated carbocycles. The summed E-state index contributed by atoms with van der Waals surface area (Å²) in [4.78, 5) is 16.8. The third-order valence-corrected chi connectivity index (χ3v) is 3.93. The van der Waals surface area contributed by atoms with E-state index in [0.29, 0.717) is 11.3 Å². The van der Waals surface area contributed by atoms with Crippen molar-refractivity contribution in [2.75, 3.05) is 0 Å². The van der Waals surface area contributed by atoms with E-state index < -0.39 is 0 Å². The summed E-state index contributed by atoms with van der Waals surface area (Å²) >= 11 is 1.48. The Morgan fingerprint density at radius 2 is 2.05 bits per heavy atom. The molecule has 3 rings (SSSR count). The Morgan fingerprint density at radius 1 is 1.27 bits per heavy atom. The second-order valence-electron chi connectivity index (χ2n) is 5.18. The highest BCUT2D eigenvalue weighted by Crippen LogP contribution is 2.29. The first-order chi connectivity index (χ1) is 10.6. The molecule has 0 aliphatic heterocycles. The van der Waals surface area contributed by atoms with Crippen molar-refractivity contribution in [2.24, 2.45) is 0 Å². The lowest BCUT2D eigenvalue weighted by atomic mass is 10.2. The minimum atomic E-state index is -0.143. The quantitative estimate of drug-likeness (QED) is 0.776. The lowest BCUT2D eigenvalue weighted by molar-refractivity contribution is 0.0944. The lowest BCUT2D eigenvalue weighted by Crippen LogP contribution is -2.30. The number of nitrogens with one attached hydrogen (secondary N) is 2. The van der Waals surface area contributed by atoms with Gasteiger partial charge in [-0.1, -0.05) is 30.3 Å². The van der Waals surface area contributed by atoms with Gasteiger partial charge in [-0.15, -0.1) is 11.3 Å². The number of amides is 1. The Bertz CT molecular complexity index is 776. The first-order valence-corrected chi connectivity index (χ1v) is 7.89. The fraction of sp³-hybridized carbons (Fsp3) is 0.188. The van der Waals surface area contributed by atoms with Crippen LogP contribution in [0.1, 0.15) is 24.2 Å². The number of carbonyl (C=O) groups excluding carboxylic acids is 1. The van der Waals surface area contributed by atoms with Crippen LogP contribution < -0.4 is 5.32 Å². The van der Waals surface area contributed by atoms with E-state index in [9.17, 15) is 4.79 Å². The highest BCUT2D eigenvalue weighted by Gasteiger charge is 2.19. The van der Waals surface area contributed by atoms with Gasteiger partial charge in [0.15, 0.2) is 0 Å². The van der Waals surface area contributed by atoms with Gasteiger partial charge in [0.2, 0.25) is 0 Å². The van der Waals surface area contributed by atoms with Crippen molar-refractivity contribution in [1.29, 1.82) is 0 Å². The molecule has 2 heterocycles. The highest BCUT2D eigenvalue weighted by atomic mass is 32.1. The molecule has 2 aromatic heterocycles. The lowest BCUT2D eigenvalue weighted by Gasteiger charge is -2.07. The predicted octanol–water partition coefficient (Wildman–Crippen LogP) is 3.34. The number of aromatic amines is 1. The molecule has 5 nitrogen and oxygen atoms in total. The van der Waals surface area contributed by atoms with Crippen molar-refractivity contribution in [3.05, 3.63) is 47.5 Å². The maximum absolute atomic E-state index is 12.2. The second kappa shape index (κ2) is 6.11. The number of benzene rings is 1. The zero-order valence-electron chi connectivity index (χ0n) is 12.3. The van der Waals surface area contributed by atoms with Crippen molar-refractivity contribution in [1.82, 2.24) is 20.5 Å². The molecule has 3 aromatic rings. The van der Waals surface area contributed by atoms with Crippen LogP contribution in [0.15, 0.2) is 41.9 Å². The molecule has 22 heavy (non-hydrogen) atoms. The minimum absolute atomic E-state index is 0.0754.